The molecule has 1 unspecified atom stereocenters. The van der Waals surface area contributed by atoms with E-state index in [4.69, 9.17) is 2.74 Å². The van der Waals surface area contributed by atoms with Gasteiger partial charge in [0.15, 0.2) is 0 Å². The summed E-state index contributed by atoms with van der Waals surface area (Å²) in [6, 6.07) is 0. The van der Waals surface area contributed by atoms with Crippen molar-refractivity contribution < 1.29 is 7.85 Å². The Morgan fingerprint density at radius 2 is 2.12 bits per heavy atom. The third kappa shape index (κ3) is 5.16. The molecule has 0 bridgehead atoms. The molecular weight excluding hydrogens is 196 g/mol. The van der Waals surface area contributed by atoms with Crippen LogP contribution in [0.15, 0.2) is 12.1 Å². The highest BCUT2D eigenvalue weighted by atomic mass is 16.3. The SMILES string of the molecule is [2H]C([2H])=C(CCCCC)CC(O)C1CCCCC1. The summed E-state index contributed by atoms with van der Waals surface area (Å²) in [6.45, 7) is 2.09. The van der Waals surface area contributed by atoms with Crippen LogP contribution in [0.4, 0.5) is 0 Å². The monoisotopic (exact) mass is 226 g/mol. The largest absolute Gasteiger partial charge is 0.393 e. The van der Waals surface area contributed by atoms with E-state index >= 15 is 0 Å². The lowest BCUT2D eigenvalue weighted by molar-refractivity contribution is 0.0844. The molecule has 1 nitrogen and oxygen atoms in total. The van der Waals surface area contributed by atoms with Gasteiger partial charge in [-0.15, -0.1) is 0 Å². The van der Waals surface area contributed by atoms with E-state index in [1.165, 1.54) is 19.3 Å². The first-order valence-electron chi connectivity index (χ1n) is 7.98. The van der Waals surface area contributed by atoms with Gasteiger partial charge in [0.1, 0.15) is 0 Å². The molecule has 16 heavy (non-hydrogen) atoms. The Labute approximate surface area is 104 Å². The first-order chi connectivity index (χ1) is 8.65. The van der Waals surface area contributed by atoms with Crippen molar-refractivity contribution in [3.8, 4) is 0 Å². The predicted molar refractivity (Wildman–Crippen MR) is 70.5 cm³/mol. The molecule has 94 valence electrons. The summed E-state index contributed by atoms with van der Waals surface area (Å²) in [5, 5.41) is 10.2. The smallest absolute Gasteiger partial charge is 0.0605 e. The topological polar surface area (TPSA) is 20.2 Å². The Kier molecular flexibility index (Phi) is 5.34. The summed E-state index contributed by atoms with van der Waals surface area (Å²) in [4.78, 5) is 0. The van der Waals surface area contributed by atoms with Gasteiger partial charge >= 0.3 is 0 Å². The van der Waals surface area contributed by atoms with Gasteiger partial charge < -0.3 is 5.11 Å². The fraction of sp³-hybridized carbons (Fsp3) is 0.867. The van der Waals surface area contributed by atoms with Crippen LogP contribution in [0.1, 0.15) is 73.9 Å². The molecule has 0 heterocycles. The van der Waals surface area contributed by atoms with E-state index < -0.39 is 0 Å². The van der Waals surface area contributed by atoms with Gasteiger partial charge in [0.05, 0.1) is 8.85 Å². The molecule has 0 spiro atoms. The lowest BCUT2D eigenvalue weighted by Gasteiger charge is -2.27. The fourth-order valence-electron chi connectivity index (χ4n) is 2.63. The number of hydrogen-bond acceptors (Lipinski definition) is 1. The number of unbranched alkanes of at least 4 members (excludes halogenated alkanes) is 2. The Morgan fingerprint density at radius 3 is 2.75 bits per heavy atom. The molecular formula is C15H28O. The van der Waals surface area contributed by atoms with E-state index in [0.29, 0.717) is 12.3 Å². The van der Waals surface area contributed by atoms with Crippen LogP contribution in [0.25, 0.3) is 0 Å². The summed E-state index contributed by atoms with van der Waals surface area (Å²) in [5.41, 5.74) is 0.849. The van der Waals surface area contributed by atoms with Crippen LogP contribution >= 0.6 is 0 Å². The average Bonchev–Trinajstić information content (AvgIpc) is 2.38. The second kappa shape index (κ2) is 7.89. The number of hydrogen-bond donors (Lipinski definition) is 1. The van der Waals surface area contributed by atoms with Crippen molar-refractivity contribution in [2.24, 2.45) is 5.92 Å². The maximum absolute atomic E-state index is 10.2. The number of aliphatic hydroxyl groups excluding tert-OH is 1. The van der Waals surface area contributed by atoms with Crippen LogP contribution in [-0.2, 0) is 0 Å². The van der Waals surface area contributed by atoms with Gasteiger partial charge in [-0.2, -0.15) is 0 Å². The molecule has 0 radical (unpaired) electrons. The van der Waals surface area contributed by atoms with Crippen molar-refractivity contribution in [1.82, 2.24) is 0 Å². The Morgan fingerprint density at radius 1 is 1.38 bits per heavy atom. The molecule has 1 N–H and O–H groups in total. The first kappa shape index (κ1) is 10.8. The van der Waals surface area contributed by atoms with E-state index in [-0.39, 0.29) is 12.6 Å². The normalized spacial score (nSPS) is 21.1. The zero-order valence-corrected chi connectivity index (χ0v) is 10.7. The highest BCUT2D eigenvalue weighted by molar-refractivity contribution is 4.97. The van der Waals surface area contributed by atoms with Crippen LogP contribution in [0, 0.1) is 5.92 Å². The summed E-state index contributed by atoms with van der Waals surface area (Å²) in [7, 11) is 0. The van der Waals surface area contributed by atoms with Crippen molar-refractivity contribution in [3.05, 3.63) is 12.1 Å². The van der Waals surface area contributed by atoms with Gasteiger partial charge in [0.25, 0.3) is 0 Å². The standard InChI is InChI=1S/C15H28O/c1-3-4-6-9-13(2)12-15(16)14-10-7-5-8-11-14/h14-16H,2-12H2,1H3/i2D2. The van der Waals surface area contributed by atoms with E-state index in [1.807, 2.05) is 0 Å². The van der Waals surface area contributed by atoms with Crippen LogP contribution in [0.5, 0.6) is 0 Å². The van der Waals surface area contributed by atoms with Gasteiger partial charge in [-0.1, -0.05) is 51.1 Å². The number of rotatable bonds is 7. The van der Waals surface area contributed by atoms with Crippen molar-refractivity contribution in [2.75, 3.05) is 0 Å². The zero-order chi connectivity index (χ0) is 13.4. The van der Waals surface area contributed by atoms with E-state index in [0.717, 1.165) is 44.1 Å². The third-order valence-corrected chi connectivity index (χ3v) is 3.73. The quantitative estimate of drug-likeness (QED) is 0.502. The molecule has 1 saturated carbocycles. The van der Waals surface area contributed by atoms with Gasteiger partial charge in [-0.3, -0.25) is 0 Å². The molecule has 0 aliphatic heterocycles. The summed E-state index contributed by atoms with van der Waals surface area (Å²) < 4.78 is 15.0. The van der Waals surface area contributed by atoms with Crippen LogP contribution < -0.4 is 0 Å². The van der Waals surface area contributed by atoms with E-state index in [1.54, 1.807) is 0 Å². The second-order valence-electron chi connectivity index (χ2n) is 5.23. The summed E-state index contributed by atoms with van der Waals surface area (Å²) in [5.74, 6) is 0.402. The van der Waals surface area contributed by atoms with Gasteiger partial charge in [-0.25, -0.2) is 0 Å². The van der Waals surface area contributed by atoms with Crippen molar-refractivity contribution in [1.29, 1.82) is 0 Å². The highest BCUT2D eigenvalue weighted by Gasteiger charge is 2.21. The lowest BCUT2D eigenvalue weighted by atomic mass is 9.83. The van der Waals surface area contributed by atoms with Crippen molar-refractivity contribution in [2.45, 2.75) is 77.2 Å². The van der Waals surface area contributed by atoms with Crippen LogP contribution in [-0.4, -0.2) is 11.2 Å². The van der Waals surface area contributed by atoms with Crippen LogP contribution in [0.2, 0.25) is 0 Å². The minimum Gasteiger partial charge on any atom is -0.393 e. The fourth-order valence-corrected chi connectivity index (χ4v) is 2.63. The molecule has 0 saturated heterocycles. The molecule has 1 fully saturated rings. The van der Waals surface area contributed by atoms with E-state index in [2.05, 4.69) is 6.92 Å². The Bertz CT molecular complexity index is 253. The first-order valence-corrected chi connectivity index (χ1v) is 6.98. The molecule has 0 amide bonds. The molecule has 1 aliphatic carbocycles. The third-order valence-electron chi connectivity index (χ3n) is 3.73. The van der Waals surface area contributed by atoms with Crippen LogP contribution in [0.3, 0.4) is 0 Å². The second-order valence-corrected chi connectivity index (χ2v) is 5.23. The maximum atomic E-state index is 10.2. The molecule has 1 heteroatoms. The molecule has 1 rings (SSSR count). The average molecular weight is 226 g/mol. The highest BCUT2D eigenvalue weighted by Crippen LogP contribution is 2.29. The number of aliphatic hydroxyl groups is 1. The predicted octanol–water partition coefficient (Wildman–Crippen LogP) is 4.45. The minimum atomic E-state index is -0.326. The van der Waals surface area contributed by atoms with E-state index in [9.17, 15) is 5.11 Å². The van der Waals surface area contributed by atoms with Gasteiger partial charge in [-0.05, 0) is 38.0 Å². The van der Waals surface area contributed by atoms with Gasteiger partial charge in [0, 0.05) is 0 Å². The Hall–Kier alpha value is -0.300. The molecule has 1 aliphatic rings. The molecule has 1 atom stereocenters. The van der Waals surface area contributed by atoms with Crippen molar-refractivity contribution in [3.63, 3.8) is 0 Å². The van der Waals surface area contributed by atoms with Gasteiger partial charge in [0.2, 0.25) is 0 Å². The lowest BCUT2D eigenvalue weighted by Crippen LogP contribution is -2.23. The summed E-state index contributed by atoms with van der Waals surface area (Å²) >= 11 is 0. The maximum Gasteiger partial charge on any atom is 0.0605 e. The van der Waals surface area contributed by atoms with Crippen molar-refractivity contribution >= 4 is 0 Å². The summed E-state index contributed by atoms with van der Waals surface area (Å²) in [6.07, 6.45) is 10.4. The molecule has 0 aromatic carbocycles. The molecule has 0 aromatic rings. The zero-order valence-electron chi connectivity index (χ0n) is 12.7. The Balaban J connectivity index is 2.42. The molecule has 0 aromatic heterocycles. The minimum absolute atomic E-state index is 0.0686.